The maximum atomic E-state index is 13.2. The highest BCUT2D eigenvalue weighted by molar-refractivity contribution is 6.17. The van der Waals surface area contributed by atoms with E-state index in [-0.39, 0.29) is 29.4 Å². The van der Waals surface area contributed by atoms with Crippen LogP contribution in [0.1, 0.15) is 5.56 Å². The molecule has 1 aliphatic heterocycles. The molecule has 2 amide bonds. The van der Waals surface area contributed by atoms with Gasteiger partial charge in [0.1, 0.15) is 5.70 Å². The van der Waals surface area contributed by atoms with Crippen LogP contribution < -0.4 is 14.8 Å². The molecule has 10 heteroatoms. The van der Waals surface area contributed by atoms with E-state index in [9.17, 15) is 22.8 Å². The van der Waals surface area contributed by atoms with E-state index in [0.717, 1.165) is 29.2 Å². The molecular weight excluding hydrogens is 405 g/mol. The average Bonchev–Trinajstić information content (AvgIpc) is 2.96. The Labute approximate surface area is 169 Å². The second kappa shape index (κ2) is 8.46. The van der Waals surface area contributed by atoms with Crippen molar-refractivity contribution in [3.05, 3.63) is 59.8 Å². The van der Waals surface area contributed by atoms with Gasteiger partial charge in [-0.2, -0.15) is 13.2 Å². The van der Waals surface area contributed by atoms with Crippen molar-refractivity contribution in [3.8, 4) is 17.2 Å². The number of nitrogens with zero attached hydrogens (tertiary/aromatic N) is 1. The van der Waals surface area contributed by atoms with Gasteiger partial charge in [0.2, 0.25) is 0 Å². The number of para-hydroxylation sites is 2. The lowest BCUT2D eigenvalue weighted by molar-refractivity contribution is -0.138. The van der Waals surface area contributed by atoms with Crippen LogP contribution in [0.5, 0.6) is 17.2 Å². The van der Waals surface area contributed by atoms with Gasteiger partial charge in [0, 0.05) is 6.08 Å². The second-order valence-electron chi connectivity index (χ2n) is 6.16. The number of imide groups is 1. The van der Waals surface area contributed by atoms with E-state index < -0.39 is 30.2 Å². The van der Waals surface area contributed by atoms with Crippen molar-refractivity contribution >= 4 is 17.5 Å². The first-order valence-electron chi connectivity index (χ1n) is 8.72. The summed E-state index contributed by atoms with van der Waals surface area (Å²) in [5, 5.41) is 11.5. The van der Waals surface area contributed by atoms with Gasteiger partial charge in [-0.15, -0.1) is 0 Å². The SMILES string of the molecule is COc1ccccc1Oc1ccc(C(F)(F)F)cc1NC1=CC(=O)N(CCO)C1=O. The van der Waals surface area contributed by atoms with Crippen LogP contribution in [0.4, 0.5) is 18.9 Å². The van der Waals surface area contributed by atoms with E-state index in [1.54, 1.807) is 24.3 Å². The monoisotopic (exact) mass is 422 g/mol. The molecule has 0 bridgehead atoms. The number of hydrogen-bond acceptors (Lipinski definition) is 6. The van der Waals surface area contributed by atoms with Crippen molar-refractivity contribution in [2.24, 2.45) is 0 Å². The molecule has 2 aromatic rings. The first-order chi connectivity index (χ1) is 14.2. The number of carbonyl (C=O) groups excluding carboxylic acids is 2. The molecule has 7 nitrogen and oxygen atoms in total. The molecule has 2 N–H and O–H groups in total. The molecule has 158 valence electrons. The van der Waals surface area contributed by atoms with E-state index >= 15 is 0 Å². The number of anilines is 1. The summed E-state index contributed by atoms with van der Waals surface area (Å²) in [6, 6.07) is 9.24. The molecule has 0 spiro atoms. The van der Waals surface area contributed by atoms with Gasteiger partial charge in [-0.1, -0.05) is 12.1 Å². The van der Waals surface area contributed by atoms with Crippen LogP contribution in [0, 0.1) is 0 Å². The maximum Gasteiger partial charge on any atom is 0.416 e. The summed E-state index contributed by atoms with van der Waals surface area (Å²) >= 11 is 0. The summed E-state index contributed by atoms with van der Waals surface area (Å²) in [4.78, 5) is 25.0. The van der Waals surface area contributed by atoms with Gasteiger partial charge in [0.15, 0.2) is 17.2 Å². The third kappa shape index (κ3) is 4.38. The molecule has 0 saturated carbocycles. The molecule has 0 aliphatic carbocycles. The van der Waals surface area contributed by atoms with Gasteiger partial charge in [-0.25, -0.2) is 0 Å². The van der Waals surface area contributed by atoms with Crippen LogP contribution in [-0.2, 0) is 15.8 Å². The smallest absolute Gasteiger partial charge is 0.416 e. The number of amides is 2. The predicted molar refractivity (Wildman–Crippen MR) is 100 cm³/mol. The number of benzene rings is 2. The van der Waals surface area contributed by atoms with Gasteiger partial charge < -0.3 is 19.9 Å². The lowest BCUT2D eigenvalue weighted by Crippen LogP contribution is -2.34. The van der Waals surface area contributed by atoms with Crippen molar-refractivity contribution < 1.29 is 37.3 Å². The summed E-state index contributed by atoms with van der Waals surface area (Å²) < 4.78 is 50.5. The Kier molecular flexibility index (Phi) is 5.97. The van der Waals surface area contributed by atoms with Gasteiger partial charge in [-0.05, 0) is 30.3 Å². The molecule has 0 radical (unpaired) electrons. The van der Waals surface area contributed by atoms with Crippen LogP contribution in [0.3, 0.4) is 0 Å². The predicted octanol–water partition coefficient (Wildman–Crippen LogP) is 3.16. The Morgan fingerprint density at radius 2 is 1.77 bits per heavy atom. The molecule has 0 saturated heterocycles. The molecule has 0 unspecified atom stereocenters. The fourth-order valence-electron chi connectivity index (χ4n) is 2.77. The molecule has 30 heavy (non-hydrogen) atoms. The third-order valence-electron chi connectivity index (χ3n) is 4.20. The Balaban J connectivity index is 1.98. The first kappa shape index (κ1) is 21.2. The fraction of sp³-hybridized carbons (Fsp3) is 0.200. The van der Waals surface area contributed by atoms with E-state index in [2.05, 4.69) is 5.32 Å². The quantitative estimate of drug-likeness (QED) is 0.667. The number of alkyl halides is 3. The summed E-state index contributed by atoms with van der Waals surface area (Å²) in [5.41, 5.74) is -1.38. The lowest BCUT2D eigenvalue weighted by Gasteiger charge is -2.18. The highest BCUT2D eigenvalue weighted by Crippen LogP contribution is 2.39. The minimum Gasteiger partial charge on any atom is -0.493 e. The number of aliphatic hydroxyl groups excluding tert-OH is 1. The number of hydrogen-bond donors (Lipinski definition) is 2. The standard InChI is InChI=1S/C20H17F3N2O5/c1-29-16-4-2-3-5-17(16)30-15-7-6-12(20(21,22)23)10-13(15)24-14-11-18(27)25(8-9-26)19(14)28/h2-7,10-11,24,26H,8-9H2,1H3. The topological polar surface area (TPSA) is 88.1 Å². The summed E-state index contributed by atoms with van der Waals surface area (Å²) in [7, 11) is 1.41. The largest absolute Gasteiger partial charge is 0.493 e. The van der Waals surface area contributed by atoms with Crippen molar-refractivity contribution in [2.75, 3.05) is 25.6 Å². The van der Waals surface area contributed by atoms with Crippen LogP contribution in [0.15, 0.2) is 54.2 Å². The normalized spacial score (nSPS) is 14.0. The molecule has 0 aromatic heterocycles. The third-order valence-corrected chi connectivity index (χ3v) is 4.20. The van der Waals surface area contributed by atoms with Crippen LogP contribution in [0.2, 0.25) is 0 Å². The van der Waals surface area contributed by atoms with Crippen LogP contribution >= 0.6 is 0 Å². The number of halogens is 3. The minimum atomic E-state index is -4.63. The highest BCUT2D eigenvalue weighted by Gasteiger charge is 2.34. The first-order valence-corrected chi connectivity index (χ1v) is 8.72. The number of carbonyl (C=O) groups is 2. The van der Waals surface area contributed by atoms with E-state index in [1.807, 2.05) is 0 Å². The fourth-order valence-corrected chi connectivity index (χ4v) is 2.77. The number of rotatable bonds is 7. The van der Waals surface area contributed by atoms with Crippen molar-refractivity contribution in [1.29, 1.82) is 0 Å². The van der Waals surface area contributed by atoms with Crippen molar-refractivity contribution in [3.63, 3.8) is 0 Å². The second-order valence-corrected chi connectivity index (χ2v) is 6.16. The van der Waals surface area contributed by atoms with Gasteiger partial charge in [0.25, 0.3) is 11.8 Å². The molecule has 0 fully saturated rings. The zero-order valence-corrected chi connectivity index (χ0v) is 15.7. The lowest BCUT2D eigenvalue weighted by atomic mass is 10.1. The molecule has 2 aromatic carbocycles. The maximum absolute atomic E-state index is 13.2. The Bertz CT molecular complexity index is 1000. The molecule has 3 rings (SSSR count). The van der Waals surface area contributed by atoms with Gasteiger partial charge in [-0.3, -0.25) is 14.5 Å². The Hall–Kier alpha value is -3.53. The van der Waals surface area contributed by atoms with Crippen molar-refractivity contribution in [2.45, 2.75) is 6.18 Å². The van der Waals surface area contributed by atoms with E-state index in [0.29, 0.717) is 5.75 Å². The number of ether oxygens (including phenoxy) is 2. The Morgan fingerprint density at radius 3 is 2.40 bits per heavy atom. The van der Waals surface area contributed by atoms with Crippen LogP contribution in [0.25, 0.3) is 0 Å². The number of methoxy groups -OCH3 is 1. The van der Waals surface area contributed by atoms with Crippen molar-refractivity contribution in [1.82, 2.24) is 4.90 Å². The van der Waals surface area contributed by atoms with Gasteiger partial charge >= 0.3 is 6.18 Å². The average molecular weight is 422 g/mol. The number of aliphatic hydroxyl groups is 1. The molecule has 0 atom stereocenters. The van der Waals surface area contributed by atoms with E-state index in [4.69, 9.17) is 14.6 Å². The molecule has 1 heterocycles. The van der Waals surface area contributed by atoms with E-state index in [1.165, 1.54) is 7.11 Å². The summed E-state index contributed by atoms with van der Waals surface area (Å²) in [6.45, 7) is -0.670. The van der Waals surface area contributed by atoms with Gasteiger partial charge in [0.05, 0.1) is 31.5 Å². The highest BCUT2D eigenvalue weighted by atomic mass is 19.4. The summed E-state index contributed by atoms with van der Waals surface area (Å²) in [5.74, 6) is -0.879. The minimum absolute atomic E-state index is 0.0192. The number of β-amino-alcohol motifs (C(OH)–C–C–N with tert-alkyl or cyclic N) is 1. The van der Waals surface area contributed by atoms with Crippen LogP contribution in [-0.4, -0.2) is 42.1 Å². The summed E-state index contributed by atoms with van der Waals surface area (Å²) in [6.07, 6.45) is -3.68. The Morgan fingerprint density at radius 1 is 1.07 bits per heavy atom. The molecular formula is C20H17F3N2O5. The zero-order valence-electron chi connectivity index (χ0n) is 15.7. The number of nitrogens with one attached hydrogen (secondary N) is 1. The zero-order chi connectivity index (χ0) is 21.9. The molecule has 1 aliphatic rings.